The fourth-order valence-electron chi connectivity index (χ4n) is 1.29. The number of nitrogens with zero attached hydrogens (tertiary/aromatic N) is 4. The number of thiazole rings is 1. The van der Waals surface area contributed by atoms with Gasteiger partial charge in [-0.25, -0.2) is 4.98 Å². The van der Waals surface area contributed by atoms with Gasteiger partial charge in [-0.2, -0.15) is 0 Å². The monoisotopic (exact) mass is 222 g/mol. The molecule has 0 aliphatic heterocycles. The lowest BCUT2D eigenvalue weighted by Crippen LogP contribution is -2.03. The molecule has 0 aliphatic carbocycles. The summed E-state index contributed by atoms with van der Waals surface area (Å²) in [6.07, 6.45) is 2.03. The number of aryl methyl sites for hydroxylation is 2. The van der Waals surface area contributed by atoms with Crippen LogP contribution in [0.1, 0.15) is 21.1 Å². The minimum atomic E-state index is 0.0514. The van der Waals surface area contributed by atoms with E-state index in [1.807, 2.05) is 6.92 Å². The molecule has 2 heterocycles. The summed E-state index contributed by atoms with van der Waals surface area (Å²) in [6.45, 7) is 1.83. The van der Waals surface area contributed by atoms with Crippen molar-refractivity contribution in [1.29, 1.82) is 0 Å². The van der Waals surface area contributed by atoms with Crippen molar-refractivity contribution >= 4 is 17.1 Å². The highest BCUT2D eigenvalue weighted by molar-refractivity contribution is 7.11. The largest absolute Gasteiger partial charge is 0.293 e. The molecule has 2 aromatic heterocycles. The van der Waals surface area contributed by atoms with Crippen LogP contribution in [0.3, 0.4) is 0 Å². The maximum atomic E-state index is 11.8. The number of Topliss-reactive ketones (excluding diaryl/α,β-unsaturated/α-hetero) is 1. The van der Waals surface area contributed by atoms with E-state index in [0.717, 1.165) is 5.69 Å². The Morgan fingerprint density at radius 2 is 2.40 bits per heavy atom. The second kappa shape index (κ2) is 3.90. The standard InChI is InChI=1S/C9H10N4OS/c1-6-9(15-5-10-6)8(14)3-7-4-13(2)12-11-7/h4-5H,3H2,1-2H3. The minimum absolute atomic E-state index is 0.0514. The number of carbonyl (C=O) groups excluding carboxylic acids is 1. The summed E-state index contributed by atoms with van der Waals surface area (Å²) in [6, 6.07) is 0. The van der Waals surface area contributed by atoms with Gasteiger partial charge in [-0.15, -0.1) is 16.4 Å². The van der Waals surface area contributed by atoms with Gasteiger partial charge in [0.15, 0.2) is 5.78 Å². The van der Waals surface area contributed by atoms with E-state index in [9.17, 15) is 4.79 Å². The molecular weight excluding hydrogens is 212 g/mol. The number of hydrogen-bond donors (Lipinski definition) is 0. The van der Waals surface area contributed by atoms with Crippen LogP contribution in [0, 0.1) is 6.92 Å². The van der Waals surface area contributed by atoms with E-state index >= 15 is 0 Å². The fourth-order valence-corrected chi connectivity index (χ4v) is 2.03. The fraction of sp³-hybridized carbons (Fsp3) is 0.333. The molecular formula is C9H10N4OS. The maximum Gasteiger partial charge on any atom is 0.180 e. The first-order valence-electron chi connectivity index (χ1n) is 4.45. The second-order valence-corrected chi connectivity index (χ2v) is 4.11. The third-order valence-electron chi connectivity index (χ3n) is 1.99. The van der Waals surface area contributed by atoms with Crippen LogP contribution in [-0.4, -0.2) is 25.8 Å². The van der Waals surface area contributed by atoms with Gasteiger partial charge in [-0.1, -0.05) is 5.21 Å². The molecule has 0 aliphatic rings. The molecule has 2 aromatic rings. The summed E-state index contributed by atoms with van der Waals surface area (Å²) in [5.41, 5.74) is 3.16. The third kappa shape index (κ3) is 2.10. The van der Waals surface area contributed by atoms with Crippen molar-refractivity contribution in [3.63, 3.8) is 0 Å². The molecule has 0 radical (unpaired) electrons. The Labute approximate surface area is 90.8 Å². The summed E-state index contributed by atoms with van der Waals surface area (Å²) in [7, 11) is 1.78. The highest BCUT2D eigenvalue weighted by Gasteiger charge is 2.13. The number of carbonyl (C=O) groups is 1. The number of hydrogen-bond acceptors (Lipinski definition) is 5. The molecule has 0 amide bonds. The summed E-state index contributed by atoms with van der Waals surface area (Å²) in [5, 5.41) is 7.65. The van der Waals surface area contributed by atoms with Gasteiger partial charge in [0.25, 0.3) is 0 Å². The van der Waals surface area contributed by atoms with Crippen molar-refractivity contribution in [3.05, 3.63) is 28.0 Å². The van der Waals surface area contributed by atoms with Gasteiger partial charge in [0.1, 0.15) is 0 Å². The lowest BCUT2D eigenvalue weighted by atomic mass is 10.2. The van der Waals surface area contributed by atoms with Crippen LogP contribution in [-0.2, 0) is 13.5 Å². The van der Waals surface area contributed by atoms with Gasteiger partial charge >= 0.3 is 0 Å². The quantitative estimate of drug-likeness (QED) is 0.727. The number of ketones is 1. The lowest BCUT2D eigenvalue weighted by molar-refractivity contribution is 0.0995. The zero-order valence-electron chi connectivity index (χ0n) is 8.47. The first-order chi connectivity index (χ1) is 7.16. The summed E-state index contributed by atoms with van der Waals surface area (Å²) in [4.78, 5) is 16.5. The topological polar surface area (TPSA) is 60.7 Å². The highest BCUT2D eigenvalue weighted by atomic mass is 32.1. The van der Waals surface area contributed by atoms with Crippen molar-refractivity contribution in [1.82, 2.24) is 20.0 Å². The third-order valence-corrected chi connectivity index (χ3v) is 2.96. The molecule has 0 fully saturated rings. The zero-order chi connectivity index (χ0) is 10.8. The Hall–Kier alpha value is -1.56. The molecule has 2 rings (SSSR count). The molecule has 0 aromatic carbocycles. The SMILES string of the molecule is Cc1ncsc1C(=O)Cc1cn(C)nn1. The zero-order valence-corrected chi connectivity index (χ0v) is 9.28. The van der Waals surface area contributed by atoms with Gasteiger partial charge in [0.2, 0.25) is 0 Å². The minimum Gasteiger partial charge on any atom is -0.293 e. The Morgan fingerprint density at radius 1 is 1.60 bits per heavy atom. The van der Waals surface area contributed by atoms with E-state index in [2.05, 4.69) is 15.3 Å². The van der Waals surface area contributed by atoms with Crippen molar-refractivity contribution in [2.24, 2.45) is 7.05 Å². The summed E-state index contributed by atoms with van der Waals surface area (Å²) in [5.74, 6) is 0.0514. The molecule has 5 nitrogen and oxygen atoms in total. The second-order valence-electron chi connectivity index (χ2n) is 3.25. The molecule has 0 N–H and O–H groups in total. The molecule has 0 unspecified atom stereocenters. The van der Waals surface area contributed by atoms with Crippen LogP contribution in [0.5, 0.6) is 0 Å². The van der Waals surface area contributed by atoms with Crippen molar-refractivity contribution in [3.8, 4) is 0 Å². The van der Waals surface area contributed by atoms with Gasteiger partial charge < -0.3 is 0 Å². The highest BCUT2D eigenvalue weighted by Crippen LogP contribution is 2.14. The van der Waals surface area contributed by atoms with Crippen molar-refractivity contribution in [2.45, 2.75) is 13.3 Å². The van der Waals surface area contributed by atoms with Crippen LogP contribution < -0.4 is 0 Å². The van der Waals surface area contributed by atoms with Crippen LogP contribution in [0.25, 0.3) is 0 Å². The first-order valence-corrected chi connectivity index (χ1v) is 5.33. The predicted octanol–water partition coefficient (Wildman–Crippen LogP) is 1.01. The number of rotatable bonds is 3. The van der Waals surface area contributed by atoms with E-state index in [4.69, 9.17) is 0 Å². The van der Waals surface area contributed by atoms with E-state index < -0.39 is 0 Å². The molecule has 15 heavy (non-hydrogen) atoms. The molecule has 0 saturated carbocycles. The molecule has 6 heteroatoms. The predicted molar refractivity (Wildman–Crippen MR) is 55.9 cm³/mol. The van der Waals surface area contributed by atoms with E-state index in [-0.39, 0.29) is 12.2 Å². The van der Waals surface area contributed by atoms with Crippen LogP contribution in [0.2, 0.25) is 0 Å². The van der Waals surface area contributed by atoms with Crippen molar-refractivity contribution < 1.29 is 4.79 Å². The van der Waals surface area contributed by atoms with Crippen LogP contribution >= 0.6 is 11.3 Å². The first kappa shape index (κ1) is 9.97. The van der Waals surface area contributed by atoms with E-state index in [1.165, 1.54) is 11.3 Å². The molecule has 0 bridgehead atoms. The average molecular weight is 222 g/mol. The van der Waals surface area contributed by atoms with Crippen molar-refractivity contribution in [2.75, 3.05) is 0 Å². The van der Waals surface area contributed by atoms with Gasteiger partial charge in [-0.3, -0.25) is 9.48 Å². The van der Waals surface area contributed by atoms with Gasteiger partial charge in [0, 0.05) is 13.2 Å². The summed E-state index contributed by atoms with van der Waals surface area (Å²) < 4.78 is 1.59. The van der Waals surface area contributed by atoms with E-state index in [1.54, 1.807) is 23.4 Å². The smallest absolute Gasteiger partial charge is 0.180 e. The van der Waals surface area contributed by atoms with Gasteiger partial charge in [0.05, 0.1) is 28.2 Å². The summed E-state index contributed by atoms with van der Waals surface area (Å²) >= 11 is 1.37. The maximum absolute atomic E-state index is 11.8. The lowest BCUT2D eigenvalue weighted by Gasteiger charge is -1.94. The molecule has 0 spiro atoms. The molecule has 0 atom stereocenters. The molecule has 0 saturated heterocycles. The van der Waals surface area contributed by atoms with Crippen LogP contribution in [0.15, 0.2) is 11.7 Å². The Balaban J connectivity index is 2.14. The Morgan fingerprint density at radius 3 is 2.93 bits per heavy atom. The molecule has 78 valence electrons. The average Bonchev–Trinajstić information content (AvgIpc) is 2.75. The Kier molecular flexibility index (Phi) is 2.59. The van der Waals surface area contributed by atoms with E-state index in [0.29, 0.717) is 10.6 Å². The van der Waals surface area contributed by atoms with Gasteiger partial charge in [-0.05, 0) is 6.92 Å². The Bertz CT molecular complexity index is 488. The number of aromatic nitrogens is 4. The normalized spacial score (nSPS) is 10.5. The van der Waals surface area contributed by atoms with Crippen LogP contribution in [0.4, 0.5) is 0 Å².